The van der Waals surface area contributed by atoms with Gasteiger partial charge in [0.05, 0.1) is 12.0 Å². The molecule has 0 fully saturated rings. The summed E-state index contributed by atoms with van der Waals surface area (Å²) in [6, 6.07) is 7.72. The number of aromatic nitrogens is 4. The maximum Gasteiger partial charge on any atom is 0.349 e. The zero-order chi connectivity index (χ0) is 18.5. The van der Waals surface area contributed by atoms with E-state index < -0.39 is 0 Å². The first-order chi connectivity index (χ1) is 13.1. The lowest BCUT2D eigenvalue weighted by Gasteiger charge is -2.08. The molecule has 27 heavy (non-hydrogen) atoms. The van der Waals surface area contributed by atoms with Crippen LogP contribution in [0.2, 0.25) is 0 Å². The van der Waals surface area contributed by atoms with E-state index in [1.54, 1.807) is 11.3 Å². The first-order valence-corrected chi connectivity index (χ1v) is 10.1. The molecule has 5 rings (SSSR count). The number of aryl methyl sites for hydroxylation is 2. The third-order valence-electron chi connectivity index (χ3n) is 4.86. The minimum Gasteiger partial charge on any atom is -0.493 e. The third kappa shape index (κ3) is 2.73. The summed E-state index contributed by atoms with van der Waals surface area (Å²) in [5, 5.41) is 5.53. The number of nitrogens with one attached hydrogen (secondary N) is 1. The number of fused-ring (bicyclic) bond motifs is 5. The summed E-state index contributed by atoms with van der Waals surface area (Å²) in [7, 11) is 0. The van der Waals surface area contributed by atoms with Crippen LogP contribution in [-0.4, -0.2) is 26.2 Å². The Kier molecular flexibility index (Phi) is 3.79. The van der Waals surface area contributed by atoms with Gasteiger partial charge in [0, 0.05) is 10.4 Å². The van der Waals surface area contributed by atoms with Crippen molar-refractivity contribution in [3.05, 3.63) is 45.2 Å². The van der Waals surface area contributed by atoms with Crippen LogP contribution in [-0.2, 0) is 12.8 Å². The molecule has 0 unspecified atom stereocenters. The van der Waals surface area contributed by atoms with E-state index in [1.807, 2.05) is 24.3 Å². The minimum absolute atomic E-state index is 0.243. The maximum absolute atomic E-state index is 12.5. The van der Waals surface area contributed by atoms with Crippen molar-refractivity contribution in [1.82, 2.24) is 19.6 Å². The molecule has 7 heteroatoms. The van der Waals surface area contributed by atoms with Crippen molar-refractivity contribution >= 4 is 27.2 Å². The lowest BCUT2D eigenvalue weighted by atomic mass is 10.2. The van der Waals surface area contributed by atoms with E-state index in [0.717, 1.165) is 34.4 Å². The molecule has 0 spiro atoms. The monoisotopic (exact) mass is 380 g/mol. The normalized spacial score (nSPS) is 13.7. The fraction of sp³-hybridized carbons (Fsp3) is 0.350. The van der Waals surface area contributed by atoms with Gasteiger partial charge in [0.15, 0.2) is 11.5 Å². The van der Waals surface area contributed by atoms with Gasteiger partial charge in [0.1, 0.15) is 10.6 Å². The highest BCUT2D eigenvalue weighted by molar-refractivity contribution is 7.19. The van der Waals surface area contributed by atoms with Gasteiger partial charge in [-0.3, -0.25) is 4.98 Å². The molecule has 1 aliphatic rings. The molecular weight excluding hydrogens is 360 g/mol. The molecule has 3 heterocycles. The fourth-order valence-electron chi connectivity index (χ4n) is 3.58. The Labute approximate surface area is 159 Å². The SMILES string of the molecule is CC(C)COc1ccc(-c2nc3c4c5c(sc4[nH]c(=O)n3n2)CCC5)cc1. The Morgan fingerprint density at radius 2 is 2.07 bits per heavy atom. The zero-order valence-corrected chi connectivity index (χ0v) is 16.1. The zero-order valence-electron chi connectivity index (χ0n) is 15.3. The van der Waals surface area contributed by atoms with E-state index >= 15 is 0 Å². The molecule has 1 N–H and O–H groups in total. The summed E-state index contributed by atoms with van der Waals surface area (Å²) >= 11 is 1.68. The van der Waals surface area contributed by atoms with Gasteiger partial charge in [-0.2, -0.15) is 4.52 Å². The number of rotatable bonds is 4. The van der Waals surface area contributed by atoms with Crippen molar-refractivity contribution < 1.29 is 4.74 Å². The summed E-state index contributed by atoms with van der Waals surface area (Å²) in [6.07, 6.45) is 3.30. The molecule has 0 atom stereocenters. The van der Waals surface area contributed by atoms with Crippen LogP contribution in [0.25, 0.3) is 27.3 Å². The average Bonchev–Trinajstić information content (AvgIpc) is 3.34. The smallest absolute Gasteiger partial charge is 0.349 e. The number of benzene rings is 1. The second kappa shape index (κ2) is 6.20. The van der Waals surface area contributed by atoms with Crippen LogP contribution < -0.4 is 10.4 Å². The summed E-state index contributed by atoms with van der Waals surface area (Å²) in [5.41, 5.74) is 2.61. The second-order valence-corrected chi connectivity index (χ2v) is 8.50. The number of ether oxygens (including phenoxy) is 1. The van der Waals surface area contributed by atoms with Crippen LogP contribution >= 0.6 is 11.3 Å². The molecule has 0 aliphatic heterocycles. The van der Waals surface area contributed by atoms with Gasteiger partial charge >= 0.3 is 5.69 Å². The van der Waals surface area contributed by atoms with E-state index in [2.05, 4.69) is 23.9 Å². The van der Waals surface area contributed by atoms with Crippen molar-refractivity contribution in [1.29, 1.82) is 0 Å². The second-order valence-electron chi connectivity index (χ2n) is 7.39. The van der Waals surface area contributed by atoms with Gasteiger partial charge in [0.2, 0.25) is 0 Å². The molecule has 4 aromatic rings. The highest BCUT2D eigenvalue weighted by Gasteiger charge is 2.22. The lowest BCUT2D eigenvalue weighted by molar-refractivity contribution is 0.271. The molecule has 1 aliphatic carbocycles. The summed E-state index contributed by atoms with van der Waals surface area (Å²) < 4.78 is 7.13. The maximum atomic E-state index is 12.5. The fourth-order valence-corrected chi connectivity index (χ4v) is 4.85. The summed E-state index contributed by atoms with van der Waals surface area (Å²) in [6.45, 7) is 4.92. The molecule has 3 aromatic heterocycles. The number of aromatic amines is 1. The standard InChI is InChI=1S/C20H20N4O2S/c1-11(2)10-26-13-8-6-12(7-9-13)17-21-18-16-14-4-3-5-15(14)27-19(16)22-20(25)24(18)23-17/h6-9,11H,3-5,10H2,1-2H3,(H,22,25). The molecule has 0 saturated carbocycles. The van der Waals surface area contributed by atoms with Crippen molar-refractivity contribution in [2.24, 2.45) is 5.92 Å². The highest BCUT2D eigenvalue weighted by Crippen LogP contribution is 2.37. The van der Waals surface area contributed by atoms with Crippen LogP contribution in [0, 0.1) is 5.92 Å². The Hall–Kier alpha value is -2.67. The Morgan fingerprint density at radius 1 is 1.26 bits per heavy atom. The van der Waals surface area contributed by atoms with E-state index in [4.69, 9.17) is 9.72 Å². The molecule has 1 aromatic carbocycles. The molecule has 0 saturated heterocycles. The van der Waals surface area contributed by atoms with Crippen molar-refractivity contribution in [3.8, 4) is 17.1 Å². The molecule has 0 amide bonds. The predicted octanol–water partition coefficient (Wildman–Crippen LogP) is 3.82. The van der Waals surface area contributed by atoms with Crippen LogP contribution in [0.3, 0.4) is 0 Å². The molecule has 0 bridgehead atoms. The number of hydrogen-bond acceptors (Lipinski definition) is 5. The number of nitrogens with zero attached hydrogens (tertiary/aromatic N) is 3. The van der Waals surface area contributed by atoms with Gasteiger partial charge in [-0.15, -0.1) is 16.4 Å². The van der Waals surface area contributed by atoms with E-state index in [-0.39, 0.29) is 5.69 Å². The van der Waals surface area contributed by atoms with Crippen LogP contribution in [0.4, 0.5) is 0 Å². The van der Waals surface area contributed by atoms with E-state index in [9.17, 15) is 4.79 Å². The van der Waals surface area contributed by atoms with Crippen molar-refractivity contribution in [2.75, 3.05) is 6.61 Å². The molecular formula is C20H20N4O2S. The predicted molar refractivity (Wildman–Crippen MR) is 107 cm³/mol. The molecule has 0 radical (unpaired) electrons. The van der Waals surface area contributed by atoms with Gasteiger partial charge < -0.3 is 4.74 Å². The van der Waals surface area contributed by atoms with E-state index in [1.165, 1.54) is 21.4 Å². The number of hydrogen-bond donors (Lipinski definition) is 1. The first kappa shape index (κ1) is 16.5. The Morgan fingerprint density at radius 3 is 2.85 bits per heavy atom. The number of H-pyrrole nitrogens is 1. The first-order valence-electron chi connectivity index (χ1n) is 9.26. The van der Waals surface area contributed by atoms with Gasteiger partial charge in [-0.1, -0.05) is 13.8 Å². The highest BCUT2D eigenvalue weighted by atomic mass is 32.1. The number of thiophene rings is 1. The van der Waals surface area contributed by atoms with E-state index in [0.29, 0.717) is 24.0 Å². The third-order valence-corrected chi connectivity index (χ3v) is 6.07. The Bertz CT molecular complexity index is 1200. The Balaban J connectivity index is 1.59. The van der Waals surface area contributed by atoms with Gasteiger partial charge in [0.25, 0.3) is 0 Å². The lowest BCUT2D eigenvalue weighted by Crippen LogP contribution is -2.17. The van der Waals surface area contributed by atoms with Crippen molar-refractivity contribution in [2.45, 2.75) is 33.1 Å². The van der Waals surface area contributed by atoms with Gasteiger partial charge in [-0.05, 0) is 55.0 Å². The van der Waals surface area contributed by atoms with Crippen LogP contribution in [0.15, 0.2) is 29.1 Å². The largest absolute Gasteiger partial charge is 0.493 e. The van der Waals surface area contributed by atoms with Crippen molar-refractivity contribution in [3.63, 3.8) is 0 Å². The molecule has 6 nitrogen and oxygen atoms in total. The average molecular weight is 380 g/mol. The minimum atomic E-state index is -0.243. The summed E-state index contributed by atoms with van der Waals surface area (Å²) in [5.74, 6) is 1.86. The topological polar surface area (TPSA) is 72.3 Å². The quantitative estimate of drug-likeness (QED) is 0.584. The van der Waals surface area contributed by atoms with Crippen LogP contribution in [0.5, 0.6) is 5.75 Å². The van der Waals surface area contributed by atoms with Gasteiger partial charge in [-0.25, -0.2) is 9.78 Å². The summed E-state index contributed by atoms with van der Waals surface area (Å²) in [4.78, 5) is 22.4. The molecule has 138 valence electrons. The van der Waals surface area contributed by atoms with Crippen LogP contribution in [0.1, 0.15) is 30.7 Å².